The topological polar surface area (TPSA) is 0 Å². The highest BCUT2D eigenvalue weighted by atomic mass is 28.3. The monoisotopic (exact) mass is 712 g/mol. The molecule has 0 aromatic heterocycles. The molecule has 13 heteroatoms. The van der Waals surface area contributed by atoms with Crippen LogP contribution in [0, 0.1) is 0 Å². The van der Waals surface area contributed by atoms with Crippen LogP contribution in [-0.4, -0.2) is 8.07 Å². The molecule has 256 valence electrons. The second kappa shape index (κ2) is 11.4. The van der Waals surface area contributed by atoms with Crippen LogP contribution in [0.15, 0.2) is 83.2 Å². The van der Waals surface area contributed by atoms with Crippen LogP contribution in [-0.2, 0) is 37.5 Å². The maximum absolute atomic E-state index is 13.6. The van der Waals surface area contributed by atoms with Gasteiger partial charge >= 0.3 is 24.7 Å². The fourth-order valence-corrected chi connectivity index (χ4v) is 9.16. The first kappa shape index (κ1) is 34.6. The highest BCUT2D eigenvalue weighted by Crippen LogP contribution is 2.46. The van der Waals surface area contributed by atoms with Crippen LogP contribution in [0.5, 0.6) is 0 Å². The maximum atomic E-state index is 13.6. The Kier molecular flexibility index (Phi) is 8.04. The molecule has 6 rings (SSSR count). The molecule has 0 atom stereocenters. The Bertz CT molecular complexity index is 1830. The summed E-state index contributed by atoms with van der Waals surface area (Å²) in [5.74, 6) is 0. The average molecular weight is 713 g/mol. The third kappa shape index (κ3) is 6.56. The van der Waals surface area contributed by atoms with Crippen LogP contribution in [0.3, 0.4) is 0 Å². The molecule has 0 amide bonds. The van der Waals surface area contributed by atoms with Gasteiger partial charge in [-0.1, -0.05) is 72.0 Å². The molecule has 0 aliphatic heterocycles. The first-order valence-corrected chi connectivity index (χ1v) is 17.8. The third-order valence-corrected chi connectivity index (χ3v) is 13.0. The van der Waals surface area contributed by atoms with Crippen molar-refractivity contribution in [3.63, 3.8) is 0 Å². The van der Waals surface area contributed by atoms with E-state index in [4.69, 9.17) is 0 Å². The molecular formula is C36H24F12Si. The van der Waals surface area contributed by atoms with Gasteiger partial charge in [0.2, 0.25) is 0 Å². The SMILES string of the molecule is C[Si](C)(C1=Cc2c(cccc2-c2cc(C(F)(F)F)cc(C(F)(F)F)c2)C1)C1=Cc2c(cccc2-c2cc(C(F)(F)F)cc(C(F)(F)F)c2)C1. The van der Waals surface area contributed by atoms with E-state index in [9.17, 15) is 52.7 Å². The molecule has 2 aliphatic rings. The normalized spacial score (nSPS) is 15.2. The van der Waals surface area contributed by atoms with Gasteiger partial charge in [0.25, 0.3) is 0 Å². The number of alkyl halides is 12. The van der Waals surface area contributed by atoms with E-state index >= 15 is 0 Å². The predicted octanol–water partition coefficient (Wildman–Crippen LogP) is 12.5. The van der Waals surface area contributed by atoms with Crippen molar-refractivity contribution in [1.29, 1.82) is 0 Å². The number of hydrogen-bond acceptors (Lipinski definition) is 0. The summed E-state index contributed by atoms with van der Waals surface area (Å²) >= 11 is 0. The summed E-state index contributed by atoms with van der Waals surface area (Å²) in [7, 11) is -2.64. The van der Waals surface area contributed by atoms with Gasteiger partial charge in [-0.25, -0.2) is 0 Å². The van der Waals surface area contributed by atoms with E-state index in [1.54, 1.807) is 36.4 Å². The molecule has 0 unspecified atom stereocenters. The van der Waals surface area contributed by atoms with Gasteiger partial charge in [0.15, 0.2) is 0 Å². The lowest BCUT2D eigenvalue weighted by Gasteiger charge is -2.26. The minimum Gasteiger partial charge on any atom is -0.166 e. The molecule has 2 aliphatic carbocycles. The first-order chi connectivity index (χ1) is 22.5. The molecule has 0 heterocycles. The Morgan fingerprint density at radius 1 is 0.449 bits per heavy atom. The zero-order valence-electron chi connectivity index (χ0n) is 25.5. The minimum atomic E-state index is -5.02. The van der Waals surface area contributed by atoms with Crippen LogP contribution >= 0.6 is 0 Å². The van der Waals surface area contributed by atoms with Crippen molar-refractivity contribution in [3.8, 4) is 22.3 Å². The van der Waals surface area contributed by atoms with Crippen molar-refractivity contribution in [3.05, 3.63) is 128 Å². The molecule has 0 nitrogen and oxygen atoms in total. The molecule has 0 fully saturated rings. The zero-order valence-corrected chi connectivity index (χ0v) is 26.5. The largest absolute Gasteiger partial charge is 0.416 e. The number of allylic oxidation sites excluding steroid dienone is 2. The number of benzene rings is 4. The Morgan fingerprint density at radius 3 is 1.04 bits per heavy atom. The van der Waals surface area contributed by atoms with Gasteiger partial charge in [-0.3, -0.25) is 0 Å². The van der Waals surface area contributed by atoms with Crippen molar-refractivity contribution in [2.24, 2.45) is 0 Å². The molecular weight excluding hydrogens is 688 g/mol. The summed E-state index contributed by atoms with van der Waals surface area (Å²) in [5, 5.41) is 1.83. The van der Waals surface area contributed by atoms with E-state index in [1.165, 1.54) is 12.1 Å². The number of fused-ring (bicyclic) bond motifs is 2. The Hall–Kier alpha value is -4.26. The van der Waals surface area contributed by atoms with Gasteiger partial charge in [-0.2, -0.15) is 52.7 Å². The number of halogens is 12. The Morgan fingerprint density at radius 2 is 0.755 bits per heavy atom. The molecule has 0 N–H and O–H groups in total. The van der Waals surface area contributed by atoms with E-state index in [-0.39, 0.29) is 34.4 Å². The van der Waals surface area contributed by atoms with Crippen molar-refractivity contribution in [2.75, 3.05) is 0 Å². The molecule has 49 heavy (non-hydrogen) atoms. The molecule has 4 aromatic carbocycles. The van der Waals surface area contributed by atoms with Crippen LogP contribution in [0.1, 0.15) is 44.5 Å². The molecule has 0 saturated heterocycles. The fourth-order valence-electron chi connectivity index (χ4n) is 6.47. The standard InChI is InChI=1S/C36H24F12Si/c1-49(2,27-13-19-5-3-7-29(31(19)17-27)21-9-23(33(37,38)39)15-24(10-21)34(40,41)42)28-14-20-6-4-8-30(32(20)18-28)22-11-25(35(43,44)45)16-26(12-22)36(46,47)48/h3-12,15-18H,13-14H2,1-2H3. The zero-order chi connectivity index (χ0) is 35.9. The van der Waals surface area contributed by atoms with Crippen molar-refractivity contribution in [1.82, 2.24) is 0 Å². The van der Waals surface area contributed by atoms with Crippen molar-refractivity contribution < 1.29 is 52.7 Å². The summed E-state index contributed by atoms with van der Waals surface area (Å²) in [6.45, 7) is 4.00. The molecule has 0 bridgehead atoms. The van der Waals surface area contributed by atoms with Crippen molar-refractivity contribution in [2.45, 2.75) is 50.6 Å². The van der Waals surface area contributed by atoms with Crippen LogP contribution in [0.2, 0.25) is 13.1 Å². The fraction of sp³-hybridized carbons (Fsp3) is 0.222. The smallest absolute Gasteiger partial charge is 0.166 e. The van der Waals surface area contributed by atoms with Gasteiger partial charge in [-0.15, -0.1) is 0 Å². The molecule has 4 aromatic rings. The van der Waals surface area contributed by atoms with Crippen molar-refractivity contribution >= 4 is 20.2 Å². The molecule has 0 spiro atoms. The minimum absolute atomic E-state index is 0.0752. The summed E-state index contributed by atoms with van der Waals surface area (Å²) in [4.78, 5) is 0. The summed E-state index contributed by atoms with van der Waals surface area (Å²) in [5.41, 5.74) is -3.41. The molecule has 0 saturated carbocycles. The van der Waals surface area contributed by atoms with E-state index in [0.717, 1.165) is 10.4 Å². The summed E-state index contributed by atoms with van der Waals surface area (Å²) in [6.07, 6.45) is -15.8. The Balaban J connectivity index is 1.41. The summed E-state index contributed by atoms with van der Waals surface area (Å²) in [6, 6.07) is 12.4. The second-order valence-corrected chi connectivity index (χ2v) is 17.2. The lowest BCUT2D eigenvalue weighted by atomic mass is 9.94. The van der Waals surface area contributed by atoms with Gasteiger partial charge in [0, 0.05) is 0 Å². The second-order valence-electron chi connectivity index (χ2n) is 12.7. The van der Waals surface area contributed by atoms with E-state index in [1.807, 2.05) is 13.1 Å². The first-order valence-electron chi connectivity index (χ1n) is 14.8. The highest BCUT2D eigenvalue weighted by molar-refractivity contribution is 6.92. The highest BCUT2D eigenvalue weighted by Gasteiger charge is 2.40. The van der Waals surface area contributed by atoms with Crippen LogP contribution in [0.4, 0.5) is 52.7 Å². The predicted molar refractivity (Wildman–Crippen MR) is 165 cm³/mol. The van der Waals surface area contributed by atoms with E-state index in [2.05, 4.69) is 0 Å². The van der Waals surface area contributed by atoms with Gasteiger partial charge in [-0.05, 0) is 93.7 Å². The summed E-state index contributed by atoms with van der Waals surface area (Å²) < 4.78 is 164. The Labute approximate surface area is 273 Å². The number of hydrogen-bond donors (Lipinski definition) is 0. The quantitative estimate of drug-likeness (QED) is 0.146. The van der Waals surface area contributed by atoms with Gasteiger partial charge in [0.05, 0.1) is 22.3 Å². The van der Waals surface area contributed by atoms with Gasteiger partial charge in [0.1, 0.15) is 8.07 Å². The average Bonchev–Trinajstić information content (AvgIpc) is 3.65. The van der Waals surface area contributed by atoms with Crippen LogP contribution in [0.25, 0.3) is 34.4 Å². The van der Waals surface area contributed by atoms with E-state index < -0.39 is 55.0 Å². The van der Waals surface area contributed by atoms with Gasteiger partial charge < -0.3 is 0 Å². The third-order valence-electron chi connectivity index (χ3n) is 9.19. The van der Waals surface area contributed by atoms with E-state index in [0.29, 0.717) is 59.4 Å². The van der Waals surface area contributed by atoms with Crippen LogP contribution < -0.4 is 0 Å². The number of rotatable bonds is 4. The lowest BCUT2D eigenvalue weighted by Crippen LogP contribution is -2.32. The molecule has 0 radical (unpaired) electrons. The maximum Gasteiger partial charge on any atom is 0.416 e. The lowest BCUT2D eigenvalue weighted by molar-refractivity contribution is -0.144.